The molecule has 3 nitrogen and oxygen atoms in total. The number of nitriles is 1. The molecule has 0 saturated carbocycles. The minimum atomic E-state index is 0.571. The third-order valence-corrected chi connectivity index (χ3v) is 2.81. The molecule has 0 N–H and O–H groups in total. The Morgan fingerprint density at radius 1 is 1.54 bits per heavy atom. The van der Waals surface area contributed by atoms with Crippen LogP contribution >= 0.6 is 0 Å². The lowest BCUT2D eigenvalue weighted by molar-refractivity contribution is 0.158. The zero-order valence-corrected chi connectivity index (χ0v) is 8.49. The second kappa shape index (κ2) is 5.21. The van der Waals surface area contributed by atoms with Gasteiger partial charge >= 0.3 is 0 Å². The molecule has 0 unspecified atom stereocenters. The predicted molar refractivity (Wildman–Crippen MR) is 51.2 cm³/mol. The van der Waals surface area contributed by atoms with Gasteiger partial charge in [0.05, 0.1) is 12.7 Å². The number of hydrogen-bond acceptors (Lipinski definition) is 3. The van der Waals surface area contributed by atoms with Crippen molar-refractivity contribution in [3.63, 3.8) is 0 Å². The normalized spacial score (nSPS) is 29.0. The lowest BCUT2D eigenvalue weighted by Gasteiger charge is -2.13. The number of rotatable bonds is 4. The summed E-state index contributed by atoms with van der Waals surface area (Å²) in [4.78, 5) is 2.39. The molecule has 0 bridgehead atoms. The SMILES string of the molecule is COCCN1C[C@@H](CC#N)[C@H](C)C1. The fraction of sp³-hybridized carbons (Fsp3) is 0.900. The Labute approximate surface area is 80.3 Å². The summed E-state index contributed by atoms with van der Waals surface area (Å²) in [5.74, 6) is 1.23. The molecule has 0 aliphatic carbocycles. The van der Waals surface area contributed by atoms with Crippen LogP contribution in [0.2, 0.25) is 0 Å². The van der Waals surface area contributed by atoms with Crippen molar-refractivity contribution >= 4 is 0 Å². The van der Waals surface area contributed by atoms with Gasteiger partial charge < -0.3 is 9.64 Å². The van der Waals surface area contributed by atoms with E-state index in [9.17, 15) is 0 Å². The van der Waals surface area contributed by atoms with Crippen LogP contribution in [0.25, 0.3) is 0 Å². The quantitative estimate of drug-likeness (QED) is 0.653. The molecule has 1 rings (SSSR count). The molecule has 3 heteroatoms. The van der Waals surface area contributed by atoms with Crippen molar-refractivity contribution in [1.82, 2.24) is 4.90 Å². The summed E-state index contributed by atoms with van der Waals surface area (Å²) in [5.41, 5.74) is 0. The van der Waals surface area contributed by atoms with E-state index in [0.29, 0.717) is 18.3 Å². The minimum Gasteiger partial charge on any atom is -0.383 e. The maximum Gasteiger partial charge on any atom is 0.0625 e. The highest BCUT2D eigenvalue weighted by molar-refractivity contribution is 4.87. The zero-order valence-electron chi connectivity index (χ0n) is 8.49. The summed E-state index contributed by atoms with van der Waals surface area (Å²) in [6, 6.07) is 2.26. The van der Waals surface area contributed by atoms with Crippen molar-refractivity contribution in [3.05, 3.63) is 0 Å². The highest BCUT2D eigenvalue weighted by Gasteiger charge is 2.28. The lowest BCUT2D eigenvalue weighted by Crippen LogP contribution is -2.25. The van der Waals surface area contributed by atoms with Gasteiger partial charge in [-0.3, -0.25) is 0 Å². The fourth-order valence-electron chi connectivity index (χ4n) is 1.93. The monoisotopic (exact) mass is 182 g/mol. The van der Waals surface area contributed by atoms with Crippen LogP contribution in [0, 0.1) is 23.2 Å². The average Bonchev–Trinajstić information content (AvgIpc) is 2.45. The molecule has 1 saturated heterocycles. The van der Waals surface area contributed by atoms with Gasteiger partial charge in [0.1, 0.15) is 0 Å². The third-order valence-electron chi connectivity index (χ3n) is 2.81. The van der Waals surface area contributed by atoms with E-state index >= 15 is 0 Å². The fourth-order valence-corrected chi connectivity index (χ4v) is 1.93. The van der Waals surface area contributed by atoms with Crippen LogP contribution in [0.4, 0.5) is 0 Å². The van der Waals surface area contributed by atoms with E-state index in [-0.39, 0.29) is 0 Å². The molecule has 0 amide bonds. The smallest absolute Gasteiger partial charge is 0.0625 e. The first-order chi connectivity index (χ1) is 6.27. The molecule has 13 heavy (non-hydrogen) atoms. The number of methoxy groups -OCH3 is 1. The van der Waals surface area contributed by atoms with Crippen molar-refractivity contribution in [2.24, 2.45) is 11.8 Å². The predicted octanol–water partition coefficient (Wildman–Crippen LogP) is 1.11. The van der Waals surface area contributed by atoms with Gasteiger partial charge in [-0.15, -0.1) is 0 Å². The molecule has 0 spiro atoms. The van der Waals surface area contributed by atoms with Crippen LogP contribution in [-0.4, -0.2) is 38.3 Å². The molecule has 0 aromatic heterocycles. The van der Waals surface area contributed by atoms with Gasteiger partial charge in [0.15, 0.2) is 0 Å². The van der Waals surface area contributed by atoms with E-state index in [2.05, 4.69) is 17.9 Å². The van der Waals surface area contributed by atoms with Gasteiger partial charge in [-0.1, -0.05) is 6.92 Å². The molecule has 0 aromatic rings. The van der Waals surface area contributed by atoms with Crippen LogP contribution < -0.4 is 0 Å². The van der Waals surface area contributed by atoms with Gasteiger partial charge in [-0.05, 0) is 11.8 Å². The van der Waals surface area contributed by atoms with Crippen molar-refractivity contribution < 1.29 is 4.74 Å². The van der Waals surface area contributed by atoms with Crippen molar-refractivity contribution in [2.45, 2.75) is 13.3 Å². The Kier molecular flexibility index (Phi) is 4.20. The third kappa shape index (κ3) is 2.98. The van der Waals surface area contributed by atoms with E-state index in [0.717, 1.165) is 26.2 Å². The lowest BCUT2D eigenvalue weighted by atomic mass is 9.96. The van der Waals surface area contributed by atoms with Gasteiger partial charge in [0, 0.05) is 33.2 Å². The summed E-state index contributed by atoms with van der Waals surface area (Å²) in [6.45, 7) is 6.22. The largest absolute Gasteiger partial charge is 0.383 e. The highest BCUT2D eigenvalue weighted by atomic mass is 16.5. The minimum absolute atomic E-state index is 0.571. The second-order valence-corrected chi connectivity index (χ2v) is 3.85. The molecule has 2 atom stereocenters. The molecule has 1 aliphatic rings. The average molecular weight is 182 g/mol. The Hall–Kier alpha value is -0.590. The molecule has 0 aromatic carbocycles. The number of likely N-dealkylation sites (tertiary alicyclic amines) is 1. The molecular formula is C10H18N2O. The molecular weight excluding hydrogens is 164 g/mol. The van der Waals surface area contributed by atoms with Crippen LogP contribution in [-0.2, 0) is 4.74 Å². The van der Waals surface area contributed by atoms with Crippen molar-refractivity contribution in [3.8, 4) is 6.07 Å². The van der Waals surface area contributed by atoms with Crippen molar-refractivity contribution in [1.29, 1.82) is 5.26 Å². The number of hydrogen-bond donors (Lipinski definition) is 0. The second-order valence-electron chi connectivity index (χ2n) is 3.85. The van der Waals surface area contributed by atoms with E-state index in [1.807, 2.05) is 0 Å². The topological polar surface area (TPSA) is 36.3 Å². The first-order valence-electron chi connectivity index (χ1n) is 4.86. The van der Waals surface area contributed by atoms with E-state index in [1.54, 1.807) is 7.11 Å². The summed E-state index contributed by atoms with van der Waals surface area (Å²) < 4.78 is 5.03. The Morgan fingerprint density at radius 3 is 2.92 bits per heavy atom. The van der Waals surface area contributed by atoms with Gasteiger partial charge in [0.2, 0.25) is 0 Å². The van der Waals surface area contributed by atoms with E-state index in [4.69, 9.17) is 10.00 Å². The van der Waals surface area contributed by atoms with Crippen LogP contribution in [0.3, 0.4) is 0 Å². The van der Waals surface area contributed by atoms with E-state index in [1.165, 1.54) is 0 Å². The van der Waals surface area contributed by atoms with Crippen molar-refractivity contribution in [2.75, 3.05) is 33.4 Å². The summed E-state index contributed by atoms with van der Waals surface area (Å²) in [7, 11) is 1.73. The Balaban J connectivity index is 2.28. The summed E-state index contributed by atoms with van der Waals surface area (Å²) in [6.07, 6.45) is 0.699. The highest BCUT2D eigenvalue weighted by Crippen LogP contribution is 2.24. The van der Waals surface area contributed by atoms with Gasteiger partial charge in [-0.25, -0.2) is 0 Å². The molecule has 0 radical (unpaired) electrons. The Bertz CT molecular complexity index is 188. The number of nitrogens with zero attached hydrogens (tertiary/aromatic N) is 2. The van der Waals surface area contributed by atoms with Crippen LogP contribution in [0.5, 0.6) is 0 Å². The number of ether oxygens (including phenoxy) is 1. The summed E-state index contributed by atoms with van der Waals surface area (Å²) in [5, 5.41) is 8.61. The van der Waals surface area contributed by atoms with Gasteiger partial charge in [-0.2, -0.15) is 5.26 Å². The maximum absolute atomic E-state index is 8.61. The first kappa shape index (κ1) is 10.5. The standard InChI is InChI=1S/C10H18N2O/c1-9-7-12(5-6-13-2)8-10(9)3-4-11/h9-10H,3,5-8H2,1-2H3/t9-,10-/m1/s1. The molecule has 74 valence electrons. The zero-order chi connectivity index (χ0) is 9.68. The van der Waals surface area contributed by atoms with E-state index < -0.39 is 0 Å². The first-order valence-corrected chi connectivity index (χ1v) is 4.86. The maximum atomic E-state index is 8.61. The van der Waals surface area contributed by atoms with Gasteiger partial charge in [0.25, 0.3) is 0 Å². The van der Waals surface area contributed by atoms with Crippen LogP contribution in [0.1, 0.15) is 13.3 Å². The molecule has 1 aliphatic heterocycles. The Morgan fingerprint density at radius 2 is 2.31 bits per heavy atom. The van der Waals surface area contributed by atoms with Crippen LogP contribution in [0.15, 0.2) is 0 Å². The summed E-state index contributed by atoms with van der Waals surface area (Å²) >= 11 is 0. The molecule has 1 heterocycles. The molecule has 1 fully saturated rings.